The summed E-state index contributed by atoms with van der Waals surface area (Å²) in [5.41, 5.74) is 19.6. The van der Waals surface area contributed by atoms with E-state index in [9.17, 15) is 43.9 Å². The van der Waals surface area contributed by atoms with E-state index in [0.29, 0.717) is 35.5 Å². The van der Waals surface area contributed by atoms with E-state index in [2.05, 4.69) is 251 Å². The van der Waals surface area contributed by atoms with Crippen molar-refractivity contribution in [2.24, 2.45) is 0 Å². The Hall–Kier alpha value is -8.32. The fourth-order valence-electron chi connectivity index (χ4n) is 13.5. The number of benzene rings is 9. The van der Waals surface area contributed by atoms with Gasteiger partial charge in [-0.25, -0.2) is 43.9 Å². The lowest BCUT2D eigenvalue weighted by molar-refractivity contribution is 0.132. The van der Waals surface area contributed by atoms with Gasteiger partial charge in [-0.05, 0) is 217 Å². The minimum atomic E-state index is -2.46. The maximum Gasteiger partial charge on any atom is 0.200 e. The van der Waals surface area contributed by atoms with Crippen molar-refractivity contribution in [3.8, 4) is 84.0 Å². The number of aryl methyl sites for hydroxylation is 6. The van der Waals surface area contributed by atoms with Crippen molar-refractivity contribution >= 4 is 0 Å². The summed E-state index contributed by atoms with van der Waals surface area (Å²) in [5, 5.41) is 0. The Morgan fingerprint density at radius 1 is 0.248 bits per heavy atom. The summed E-state index contributed by atoms with van der Waals surface area (Å²) in [4.78, 5) is 0. The van der Waals surface area contributed by atoms with Crippen LogP contribution in [0.4, 0.5) is 43.9 Å². The molecule has 9 aromatic carbocycles. The number of hydrogen-bond donors (Lipinski definition) is 0. The molecule has 105 heavy (non-hydrogen) atoms. The summed E-state index contributed by atoms with van der Waals surface area (Å²) in [5.74, 6) is -19.7. The predicted molar refractivity (Wildman–Crippen MR) is 419 cm³/mol. The van der Waals surface area contributed by atoms with Crippen LogP contribution in [-0.4, -0.2) is 16.8 Å². The first-order chi connectivity index (χ1) is 47.6. The first kappa shape index (κ1) is 87.3. The summed E-state index contributed by atoms with van der Waals surface area (Å²) in [7, 11) is 0. The van der Waals surface area contributed by atoms with E-state index in [0.717, 1.165) is 29.7 Å². The molecule has 0 spiro atoms. The quantitative estimate of drug-likeness (QED) is 0.0582. The Bertz CT molecular complexity index is 4210. The molecular weight excluding hydrogens is 1340 g/mol. The fraction of sp³-hybridized carbons (Fsp3) is 0.413. The summed E-state index contributed by atoms with van der Waals surface area (Å²) in [6.07, 6.45) is 0. The largest absolute Gasteiger partial charge is 0.487 e. The summed E-state index contributed by atoms with van der Waals surface area (Å²) in [6, 6.07) is 34.8. The van der Waals surface area contributed by atoms with Gasteiger partial charge in [-0.2, -0.15) is 0 Å². The summed E-state index contributed by atoms with van der Waals surface area (Å²) >= 11 is 0. The average Bonchev–Trinajstić information content (AvgIpc) is 0.553. The molecule has 9 aromatic rings. The van der Waals surface area contributed by atoms with Gasteiger partial charge >= 0.3 is 0 Å². The minimum Gasteiger partial charge on any atom is -0.487 e. The lowest BCUT2D eigenvalue weighted by Gasteiger charge is -2.31. The normalized spacial score (nSPS) is 11.8. The number of ether oxygens (including phenoxy) is 3. The Morgan fingerprint density at radius 2 is 0.429 bits per heavy atom. The van der Waals surface area contributed by atoms with Crippen LogP contribution in [0.1, 0.15) is 263 Å². The maximum atomic E-state index is 14.5. The molecule has 13 heteroatoms. The topological polar surface area (TPSA) is 27.7 Å². The van der Waals surface area contributed by atoms with E-state index in [4.69, 9.17) is 14.2 Å². The number of hydrogen-bond acceptors (Lipinski definition) is 3. The van der Waals surface area contributed by atoms with Crippen LogP contribution in [0, 0.1) is 99.7 Å². The lowest BCUT2D eigenvalue weighted by Crippen LogP contribution is -2.24. The van der Waals surface area contributed by atoms with Crippen LogP contribution in [-0.2, 0) is 0 Å². The van der Waals surface area contributed by atoms with Gasteiger partial charge in [-0.3, -0.25) is 0 Å². The Balaban J connectivity index is 0.000000284. The SMILES string of the molecule is C.C.CC(C)(C)Oc1c(-c2c(F)c(F)c(F)c(F)c2F)cccc1-c1c(F)c(F)c(F)c(F)c1F.CC(C)c1cc(C(C)C)c(-c2cccc(-c3c(C(C)C)cc(C(C)C)cc3C(C)C)c2OC(C)(C)C)c(C(C)C)c1.Cc1cc(C)c(-c2cccc(-c3c(C)cc(C)cc3C)c2OC(C)(C)C)c(C)c1. The molecule has 0 saturated heterocycles. The van der Waals surface area contributed by atoms with Crippen LogP contribution in [0.2, 0.25) is 0 Å². The van der Waals surface area contributed by atoms with Crippen LogP contribution in [0.5, 0.6) is 17.2 Å². The Morgan fingerprint density at radius 3 is 0.610 bits per heavy atom. The Kier molecular flexibility index (Phi) is 28.3. The zero-order valence-corrected chi connectivity index (χ0v) is 65.3. The van der Waals surface area contributed by atoms with Crippen LogP contribution < -0.4 is 14.2 Å². The molecule has 0 heterocycles. The van der Waals surface area contributed by atoms with Crippen LogP contribution in [0.3, 0.4) is 0 Å². The predicted octanol–water partition coefficient (Wildman–Crippen LogP) is 29.8. The number of para-hydroxylation sites is 3. The molecule has 568 valence electrons. The van der Waals surface area contributed by atoms with Crippen LogP contribution in [0.15, 0.2) is 103 Å². The molecule has 0 fully saturated rings. The minimum absolute atomic E-state index is 0. The third kappa shape index (κ3) is 19.3. The molecule has 0 atom stereocenters. The maximum absolute atomic E-state index is 14.5. The van der Waals surface area contributed by atoms with Gasteiger partial charge in [0.25, 0.3) is 0 Å². The average molecular weight is 1460 g/mol. The highest BCUT2D eigenvalue weighted by molar-refractivity contribution is 5.90. The zero-order chi connectivity index (χ0) is 77.5. The lowest BCUT2D eigenvalue weighted by atomic mass is 9.78. The van der Waals surface area contributed by atoms with Gasteiger partial charge in [0, 0.05) is 33.4 Å². The third-order valence-electron chi connectivity index (χ3n) is 17.9. The molecule has 9 rings (SSSR count). The molecule has 0 saturated carbocycles. The molecule has 0 aliphatic carbocycles. The van der Waals surface area contributed by atoms with Crippen LogP contribution >= 0.6 is 0 Å². The van der Waals surface area contributed by atoms with Crippen molar-refractivity contribution < 1.29 is 58.1 Å². The second kappa shape index (κ2) is 34.1. The second-order valence-corrected chi connectivity index (χ2v) is 32.2. The van der Waals surface area contributed by atoms with E-state index in [1.165, 1.54) is 132 Å². The molecule has 0 unspecified atom stereocenters. The van der Waals surface area contributed by atoms with Gasteiger partial charge < -0.3 is 14.2 Å². The standard InChI is InChI=1S/C40H58O.C28H34O.C22H12F10O.2CH4/c1-23(2)29-19-33(25(5)6)37(34(20-29)26(7)8)31-17-16-18-32(39(31)41-40(13,14)15)38-35(27(9)10)21-30(24(3)4)22-36(38)28(11)12;1-17-13-19(3)25(20(4)14-17)23-11-10-12-24(27(23)29-28(7,8)9)26-21(5)15-18(2)16-22(26)6;1-22(2,3)33-21-7(9-11(23)15(27)19(31)16(28)12(9)24)5-4-6-8(21)10-13(25)17(29)20(32)18(30)14(10)26;;/h16-28H,1-15H3;10-16H,1-9H3;4-6H,1-3H3;2*1H4. The highest BCUT2D eigenvalue weighted by Gasteiger charge is 2.35. The third-order valence-corrected chi connectivity index (χ3v) is 17.9. The number of halogens is 10. The number of rotatable bonds is 15. The van der Waals surface area contributed by atoms with E-state index in [1.807, 2.05) is 0 Å². The summed E-state index contributed by atoms with van der Waals surface area (Å²) in [6.45, 7) is 58.0. The molecule has 0 amide bonds. The van der Waals surface area contributed by atoms with Gasteiger partial charge in [-0.1, -0.05) is 212 Å². The van der Waals surface area contributed by atoms with Crippen molar-refractivity contribution in [1.29, 1.82) is 0 Å². The monoisotopic (exact) mass is 1450 g/mol. The van der Waals surface area contributed by atoms with Crippen molar-refractivity contribution in [2.75, 3.05) is 0 Å². The first-order valence-corrected chi connectivity index (χ1v) is 35.6. The van der Waals surface area contributed by atoms with Gasteiger partial charge in [0.05, 0.1) is 11.1 Å². The smallest absolute Gasteiger partial charge is 0.200 e. The molecule has 0 radical (unpaired) electrons. The van der Waals surface area contributed by atoms with Crippen molar-refractivity contribution in [3.05, 3.63) is 228 Å². The van der Waals surface area contributed by atoms with E-state index >= 15 is 0 Å². The zero-order valence-electron chi connectivity index (χ0n) is 65.3. The Labute approximate surface area is 621 Å². The second-order valence-electron chi connectivity index (χ2n) is 32.2. The highest BCUT2D eigenvalue weighted by Crippen LogP contribution is 2.52. The molecule has 0 aliphatic rings. The van der Waals surface area contributed by atoms with E-state index in [1.54, 1.807) is 0 Å². The summed E-state index contributed by atoms with van der Waals surface area (Å²) < 4.78 is 159. The van der Waals surface area contributed by atoms with E-state index in [-0.39, 0.29) is 26.1 Å². The van der Waals surface area contributed by atoms with Gasteiger partial charge in [0.2, 0.25) is 11.6 Å². The molecular formula is C92H112F10O3. The van der Waals surface area contributed by atoms with Crippen molar-refractivity contribution in [2.45, 2.75) is 254 Å². The molecule has 0 bridgehead atoms. The van der Waals surface area contributed by atoms with Gasteiger partial charge in [0.15, 0.2) is 46.5 Å². The first-order valence-electron chi connectivity index (χ1n) is 35.6. The van der Waals surface area contributed by atoms with Gasteiger partial charge in [-0.15, -0.1) is 0 Å². The highest BCUT2D eigenvalue weighted by atomic mass is 19.2. The van der Waals surface area contributed by atoms with Crippen molar-refractivity contribution in [1.82, 2.24) is 0 Å². The van der Waals surface area contributed by atoms with E-state index < -0.39 is 91.8 Å². The fourth-order valence-corrected chi connectivity index (χ4v) is 13.5. The molecule has 3 nitrogen and oxygen atoms in total. The van der Waals surface area contributed by atoms with Crippen LogP contribution in [0.25, 0.3) is 66.8 Å². The van der Waals surface area contributed by atoms with Crippen molar-refractivity contribution in [3.63, 3.8) is 0 Å². The molecule has 0 aromatic heterocycles. The van der Waals surface area contributed by atoms with Gasteiger partial charge in [0.1, 0.15) is 34.1 Å². The molecule has 0 N–H and O–H groups in total. The molecule has 0 aliphatic heterocycles.